The van der Waals surface area contributed by atoms with Crippen LogP contribution in [0.5, 0.6) is 0 Å². The highest BCUT2D eigenvalue weighted by atomic mass is 35.5. The smallest absolute Gasteiger partial charge is 0.267 e. The lowest BCUT2D eigenvalue weighted by Crippen LogP contribution is -2.33. The molecule has 0 saturated heterocycles. The summed E-state index contributed by atoms with van der Waals surface area (Å²) < 4.78 is 35.8. The summed E-state index contributed by atoms with van der Waals surface area (Å²) in [6.07, 6.45) is 2.47. The molecule has 0 fully saturated rings. The predicted molar refractivity (Wildman–Crippen MR) is 126 cm³/mol. The molecular formula is C21H22ClN2O3S3+. The third kappa shape index (κ3) is 4.24. The molecule has 9 heteroatoms. The zero-order chi connectivity index (χ0) is 21.5. The van der Waals surface area contributed by atoms with Crippen molar-refractivity contribution in [2.24, 2.45) is 0 Å². The van der Waals surface area contributed by atoms with E-state index in [1.807, 2.05) is 30.3 Å². The first kappa shape index (κ1) is 21.6. The number of anilines is 1. The molecule has 1 N–H and O–H groups in total. The molecule has 0 bridgehead atoms. The van der Waals surface area contributed by atoms with Gasteiger partial charge in [-0.3, -0.25) is 4.55 Å². The number of rotatable bonds is 6. The number of nitrogens with zero attached hydrogens (tertiary/aromatic N) is 2. The summed E-state index contributed by atoms with van der Waals surface area (Å²) in [4.78, 5) is 3.17. The van der Waals surface area contributed by atoms with Gasteiger partial charge in [0.1, 0.15) is 11.2 Å². The molecule has 1 unspecified atom stereocenters. The minimum atomic E-state index is -4.07. The molecule has 1 aromatic heterocycles. The standard InChI is InChI=1S/C21H21ClN2O3S3/c1-3-23-16-6-4-5-7-18(16)28-20(23)13-21-24(11-10-14(2)30(25,26)27)17-12-15(22)8-9-19(17)29-21/h4-9,12-14H,3,10-11H2,1-2H3/p+1. The molecule has 3 aromatic rings. The highest BCUT2D eigenvalue weighted by molar-refractivity contribution is 8.03. The number of thiazole rings is 1. The first-order chi connectivity index (χ1) is 14.3. The molecule has 0 aliphatic carbocycles. The maximum Gasteiger partial charge on any atom is 0.267 e. The van der Waals surface area contributed by atoms with E-state index in [-0.39, 0.29) is 0 Å². The van der Waals surface area contributed by atoms with E-state index in [2.05, 4.69) is 34.6 Å². The Hall–Kier alpha value is -1.58. The lowest BCUT2D eigenvalue weighted by Gasteiger charge is -2.21. The minimum Gasteiger partial charge on any atom is -0.335 e. The van der Waals surface area contributed by atoms with Crippen molar-refractivity contribution >= 4 is 66.8 Å². The minimum absolute atomic E-state index is 0.308. The second kappa shape index (κ2) is 8.51. The van der Waals surface area contributed by atoms with E-state index < -0.39 is 15.4 Å². The largest absolute Gasteiger partial charge is 0.335 e. The van der Waals surface area contributed by atoms with E-state index in [0.717, 1.165) is 27.2 Å². The second-order valence-electron chi connectivity index (χ2n) is 7.11. The van der Waals surface area contributed by atoms with Crippen molar-refractivity contribution < 1.29 is 17.5 Å². The van der Waals surface area contributed by atoms with Crippen LogP contribution in [0.25, 0.3) is 16.3 Å². The number of hydrogen-bond donors (Lipinski definition) is 1. The Morgan fingerprint density at radius 3 is 2.77 bits per heavy atom. The summed E-state index contributed by atoms with van der Waals surface area (Å²) in [7, 11) is -4.07. The van der Waals surface area contributed by atoms with E-state index in [4.69, 9.17) is 11.6 Å². The molecule has 0 amide bonds. The molecule has 2 aromatic carbocycles. The molecule has 0 spiro atoms. The summed E-state index contributed by atoms with van der Waals surface area (Å²) in [6, 6.07) is 14.1. The summed E-state index contributed by atoms with van der Waals surface area (Å²) >= 11 is 9.62. The quantitative estimate of drug-likeness (QED) is 0.375. The Morgan fingerprint density at radius 2 is 2.03 bits per heavy atom. The normalized spacial score (nSPS) is 16.4. The summed E-state index contributed by atoms with van der Waals surface area (Å²) in [6.45, 7) is 4.97. The van der Waals surface area contributed by atoms with Crippen molar-refractivity contribution in [1.82, 2.24) is 0 Å². The van der Waals surface area contributed by atoms with E-state index in [1.165, 1.54) is 17.1 Å². The van der Waals surface area contributed by atoms with E-state index in [1.54, 1.807) is 23.1 Å². The summed E-state index contributed by atoms with van der Waals surface area (Å²) in [5.41, 5.74) is 2.16. The van der Waals surface area contributed by atoms with Gasteiger partial charge >= 0.3 is 0 Å². The van der Waals surface area contributed by atoms with Gasteiger partial charge in [-0.1, -0.05) is 46.8 Å². The van der Waals surface area contributed by atoms with Gasteiger partial charge in [0, 0.05) is 22.5 Å². The van der Waals surface area contributed by atoms with Gasteiger partial charge in [0.2, 0.25) is 5.52 Å². The molecule has 1 aliphatic heterocycles. The third-order valence-electron chi connectivity index (χ3n) is 5.16. The van der Waals surface area contributed by atoms with Gasteiger partial charge in [-0.25, -0.2) is 0 Å². The van der Waals surface area contributed by atoms with Gasteiger partial charge in [-0.2, -0.15) is 13.0 Å². The lowest BCUT2D eigenvalue weighted by molar-refractivity contribution is -0.665. The zero-order valence-corrected chi connectivity index (χ0v) is 19.8. The number of aromatic nitrogens is 1. The number of thioether (sulfide) groups is 1. The van der Waals surface area contributed by atoms with Gasteiger partial charge < -0.3 is 4.90 Å². The van der Waals surface area contributed by atoms with Gasteiger partial charge in [-0.15, -0.1) is 0 Å². The fourth-order valence-electron chi connectivity index (χ4n) is 3.46. The van der Waals surface area contributed by atoms with Crippen LogP contribution in [0.15, 0.2) is 52.4 Å². The van der Waals surface area contributed by atoms with Gasteiger partial charge in [-0.05, 0) is 44.5 Å². The molecule has 5 nitrogen and oxygen atoms in total. The first-order valence-corrected chi connectivity index (χ1v) is 13.1. The van der Waals surface area contributed by atoms with Crippen LogP contribution < -0.4 is 9.47 Å². The highest BCUT2D eigenvalue weighted by Crippen LogP contribution is 2.48. The van der Waals surface area contributed by atoms with Crippen molar-refractivity contribution in [2.75, 3.05) is 11.4 Å². The van der Waals surface area contributed by atoms with Crippen LogP contribution in [0.3, 0.4) is 0 Å². The molecule has 1 aliphatic rings. The highest BCUT2D eigenvalue weighted by Gasteiger charge is 2.29. The van der Waals surface area contributed by atoms with Crippen LogP contribution in [-0.4, -0.2) is 24.8 Å². The van der Waals surface area contributed by atoms with E-state index in [0.29, 0.717) is 18.0 Å². The number of halogens is 1. The Balaban J connectivity index is 1.74. The Labute approximate surface area is 189 Å². The van der Waals surface area contributed by atoms with Crippen molar-refractivity contribution in [2.45, 2.75) is 37.0 Å². The van der Waals surface area contributed by atoms with Gasteiger partial charge in [0.25, 0.3) is 15.1 Å². The first-order valence-electron chi connectivity index (χ1n) is 9.62. The lowest BCUT2D eigenvalue weighted by atomic mass is 10.2. The Morgan fingerprint density at radius 1 is 1.27 bits per heavy atom. The van der Waals surface area contributed by atoms with Crippen molar-refractivity contribution in [3.8, 4) is 0 Å². The number of hydrogen-bond acceptors (Lipinski definition) is 5. The maximum absolute atomic E-state index is 11.5. The number of fused-ring (bicyclic) bond motifs is 2. The predicted octanol–water partition coefficient (Wildman–Crippen LogP) is 5.44. The summed E-state index contributed by atoms with van der Waals surface area (Å²) in [5.74, 6) is 0. The zero-order valence-electron chi connectivity index (χ0n) is 16.6. The molecule has 4 rings (SSSR count). The summed E-state index contributed by atoms with van der Waals surface area (Å²) in [5, 5.41) is 1.95. The van der Waals surface area contributed by atoms with Crippen LogP contribution in [0.2, 0.25) is 5.02 Å². The number of aryl methyl sites for hydroxylation is 1. The maximum atomic E-state index is 11.5. The molecular weight excluding hydrogens is 460 g/mol. The van der Waals surface area contributed by atoms with Crippen LogP contribution in [0.1, 0.15) is 25.3 Å². The Kier molecular flexibility index (Phi) is 6.14. The van der Waals surface area contributed by atoms with Gasteiger partial charge in [0.05, 0.1) is 22.0 Å². The monoisotopic (exact) mass is 481 g/mol. The average molecular weight is 482 g/mol. The molecule has 1 atom stereocenters. The van der Waals surface area contributed by atoms with E-state index >= 15 is 0 Å². The van der Waals surface area contributed by atoms with Gasteiger partial charge in [0.15, 0.2) is 0 Å². The number of benzene rings is 2. The molecule has 0 radical (unpaired) electrons. The van der Waals surface area contributed by atoms with E-state index in [9.17, 15) is 13.0 Å². The second-order valence-corrected chi connectivity index (χ2v) is 11.5. The molecule has 0 saturated carbocycles. The SMILES string of the molecule is CC[n+]1c(C=C2Sc3ccc(Cl)cc3N2CCC(C)S(=O)(=O)O)sc2ccccc21. The molecule has 158 valence electrons. The topological polar surface area (TPSA) is 61.5 Å². The molecule has 2 heterocycles. The fraction of sp³-hybridized carbons (Fsp3) is 0.286. The molecule has 30 heavy (non-hydrogen) atoms. The third-order valence-corrected chi connectivity index (χ3v) is 8.87. The van der Waals surface area contributed by atoms with Crippen LogP contribution >= 0.6 is 34.7 Å². The Bertz CT molecular complexity index is 1240. The van der Waals surface area contributed by atoms with Crippen LogP contribution in [-0.2, 0) is 16.7 Å². The van der Waals surface area contributed by atoms with Crippen LogP contribution in [0.4, 0.5) is 5.69 Å². The average Bonchev–Trinajstić information content (AvgIpc) is 3.22. The van der Waals surface area contributed by atoms with Crippen molar-refractivity contribution in [1.29, 1.82) is 0 Å². The van der Waals surface area contributed by atoms with Crippen LogP contribution in [0, 0.1) is 0 Å². The van der Waals surface area contributed by atoms with Crippen molar-refractivity contribution in [3.05, 3.63) is 57.5 Å². The van der Waals surface area contributed by atoms with Crippen molar-refractivity contribution in [3.63, 3.8) is 0 Å². The number of para-hydroxylation sites is 1. The fourth-order valence-corrected chi connectivity index (χ4v) is 6.38.